The number of halogens is 1. The number of rotatable bonds is 3. The van der Waals surface area contributed by atoms with E-state index in [9.17, 15) is 0 Å². The number of hydrogen-bond acceptors (Lipinski definition) is 4. The van der Waals surface area contributed by atoms with E-state index in [4.69, 9.17) is 0 Å². The van der Waals surface area contributed by atoms with Gasteiger partial charge in [0.1, 0.15) is 0 Å². The molecule has 0 aliphatic carbocycles. The fourth-order valence-electron chi connectivity index (χ4n) is 3.52. The first-order chi connectivity index (χ1) is 10.7. The number of hydrogen-bond donors (Lipinski definition) is 0. The second kappa shape index (κ2) is 5.63. The number of piperazine rings is 1. The van der Waals surface area contributed by atoms with Crippen molar-refractivity contribution in [3.05, 3.63) is 52.3 Å². The minimum atomic E-state index is 0.620. The lowest BCUT2D eigenvalue weighted by molar-refractivity contribution is -0.00912. The van der Waals surface area contributed by atoms with Gasteiger partial charge in [-0.3, -0.25) is 4.90 Å². The average Bonchev–Trinajstić information content (AvgIpc) is 2.54. The molecule has 3 fully saturated rings. The first-order valence-electron chi connectivity index (χ1n) is 7.74. The highest BCUT2D eigenvalue weighted by atomic mass is 79.9. The number of aryl methyl sites for hydroxylation is 1. The van der Waals surface area contributed by atoms with Crippen molar-refractivity contribution in [2.24, 2.45) is 0 Å². The van der Waals surface area contributed by atoms with Gasteiger partial charge in [-0.15, -0.1) is 0 Å². The van der Waals surface area contributed by atoms with E-state index in [0.717, 1.165) is 31.3 Å². The van der Waals surface area contributed by atoms with Crippen LogP contribution in [0, 0.1) is 6.92 Å². The largest absolute Gasteiger partial charge is 0.338 e. The topological polar surface area (TPSA) is 32.3 Å². The van der Waals surface area contributed by atoms with Gasteiger partial charge in [0.2, 0.25) is 5.95 Å². The molecule has 3 saturated heterocycles. The zero-order valence-electron chi connectivity index (χ0n) is 12.6. The molecule has 5 rings (SSSR count). The van der Waals surface area contributed by atoms with Crippen LogP contribution in [0.1, 0.15) is 17.7 Å². The summed E-state index contributed by atoms with van der Waals surface area (Å²) in [6.45, 7) is 5.11. The summed E-state index contributed by atoms with van der Waals surface area (Å²) in [6.07, 6.45) is 3.16. The summed E-state index contributed by atoms with van der Waals surface area (Å²) in [7, 11) is 0. The van der Waals surface area contributed by atoms with E-state index in [-0.39, 0.29) is 0 Å². The smallest absolute Gasteiger partial charge is 0.225 e. The van der Waals surface area contributed by atoms with Crippen molar-refractivity contribution in [1.82, 2.24) is 14.9 Å². The van der Waals surface area contributed by atoms with E-state index in [1.54, 1.807) is 0 Å². The maximum Gasteiger partial charge on any atom is 0.225 e. The number of aromatic nitrogens is 2. The summed E-state index contributed by atoms with van der Waals surface area (Å²) in [5.41, 5.74) is 2.41. The van der Waals surface area contributed by atoms with Gasteiger partial charge in [-0.05, 0) is 31.0 Å². The van der Waals surface area contributed by atoms with Gasteiger partial charge < -0.3 is 4.90 Å². The molecule has 3 aliphatic heterocycles. The molecular formula is C17H19BrN4. The predicted octanol–water partition coefficient (Wildman–Crippen LogP) is 3.01. The standard InChI is InChI=1S/C17H19BrN4/c1-12-6-7-19-17(20-12)21-10-14-8-15(11-21)22(14)9-13-4-2-3-5-16(13)18/h2-7,14-15H,8-11H2,1H3. The third kappa shape index (κ3) is 2.52. The molecule has 22 heavy (non-hydrogen) atoms. The zero-order valence-corrected chi connectivity index (χ0v) is 14.2. The van der Waals surface area contributed by atoms with Crippen LogP contribution in [0.25, 0.3) is 0 Å². The Balaban J connectivity index is 1.46. The average molecular weight is 359 g/mol. The monoisotopic (exact) mass is 358 g/mol. The van der Waals surface area contributed by atoms with Crippen molar-refractivity contribution >= 4 is 21.9 Å². The van der Waals surface area contributed by atoms with Crippen molar-refractivity contribution in [3.8, 4) is 0 Å². The van der Waals surface area contributed by atoms with E-state index >= 15 is 0 Å². The van der Waals surface area contributed by atoms with Gasteiger partial charge in [0, 0.05) is 48.1 Å². The van der Waals surface area contributed by atoms with Crippen LogP contribution in [0.3, 0.4) is 0 Å². The molecule has 0 N–H and O–H groups in total. The lowest BCUT2D eigenvalue weighted by atomic mass is 9.87. The van der Waals surface area contributed by atoms with Crippen molar-refractivity contribution in [2.75, 3.05) is 18.0 Å². The fraction of sp³-hybridized carbons (Fsp3) is 0.412. The molecule has 0 amide bonds. The molecule has 3 aliphatic rings. The van der Waals surface area contributed by atoms with E-state index in [0.29, 0.717) is 12.1 Å². The number of piperidine rings is 1. The highest BCUT2D eigenvalue weighted by molar-refractivity contribution is 9.10. The highest BCUT2D eigenvalue weighted by Crippen LogP contribution is 2.35. The SMILES string of the molecule is Cc1ccnc(N2CC3CC(C2)N3Cc2ccccc2Br)n1. The second-order valence-electron chi connectivity index (χ2n) is 6.21. The van der Waals surface area contributed by atoms with Crippen molar-refractivity contribution in [3.63, 3.8) is 0 Å². The van der Waals surface area contributed by atoms with Gasteiger partial charge in [-0.1, -0.05) is 34.1 Å². The Kier molecular flexibility index (Phi) is 3.62. The van der Waals surface area contributed by atoms with Gasteiger partial charge >= 0.3 is 0 Å². The molecule has 2 unspecified atom stereocenters. The minimum Gasteiger partial charge on any atom is -0.338 e. The Hall–Kier alpha value is -1.46. The molecule has 2 aromatic rings. The van der Waals surface area contributed by atoms with Gasteiger partial charge in [-0.2, -0.15) is 0 Å². The molecule has 1 aromatic heterocycles. The molecule has 0 radical (unpaired) electrons. The quantitative estimate of drug-likeness (QED) is 0.844. The molecule has 4 nitrogen and oxygen atoms in total. The van der Waals surface area contributed by atoms with Gasteiger partial charge in [-0.25, -0.2) is 9.97 Å². The normalized spacial score (nSPS) is 24.2. The Labute approximate surface area is 139 Å². The fourth-order valence-corrected chi connectivity index (χ4v) is 3.93. The Morgan fingerprint density at radius 3 is 2.68 bits per heavy atom. The molecule has 114 valence electrons. The summed E-state index contributed by atoms with van der Waals surface area (Å²) in [6, 6.07) is 11.7. The molecule has 0 saturated carbocycles. The van der Waals surface area contributed by atoms with Gasteiger partial charge in [0.25, 0.3) is 0 Å². The molecule has 0 spiro atoms. The summed E-state index contributed by atoms with van der Waals surface area (Å²) in [5.74, 6) is 0.884. The molecule has 2 bridgehead atoms. The first-order valence-corrected chi connectivity index (χ1v) is 8.54. The number of benzene rings is 1. The maximum atomic E-state index is 4.56. The second-order valence-corrected chi connectivity index (χ2v) is 7.06. The third-order valence-electron chi connectivity index (χ3n) is 4.72. The van der Waals surface area contributed by atoms with Crippen molar-refractivity contribution in [2.45, 2.75) is 32.0 Å². The zero-order chi connectivity index (χ0) is 15.1. The summed E-state index contributed by atoms with van der Waals surface area (Å²) in [5, 5.41) is 0. The Bertz CT molecular complexity index is 678. The van der Waals surface area contributed by atoms with Crippen LogP contribution in [0.15, 0.2) is 41.0 Å². The Morgan fingerprint density at radius 1 is 1.18 bits per heavy atom. The first kappa shape index (κ1) is 14.2. The van der Waals surface area contributed by atoms with Crippen LogP contribution in [0.4, 0.5) is 5.95 Å². The predicted molar refractivity (Wildman–Crippen MR) is 90.9 cm³/mol. The number of fused-ring (bicyclic) bond motifs is 2. The van der Waals surface area contributed by atoms with E-state index in [2.05, 4.69) is 60.0 Å². The third-order valence-corrected chi connectivity index (χ3v) is 5.49. The number of nitrogens with zero attached hydrogens (tertiary/aromatic N) is 4. The van der Waals surface area contributed by atoms with Crippen LogP contribution in [-0.2, 0) is 6.54 Å². The Morgan fingerprint density at radius 2 is 1.95 bits per heavy atom. The van der Waals surface area contributed by atoms with E-state index < -0.39 is 0 Å². The summed E-state index contributed by atoms with van der Waals surface area (Å²) < 4.78 is 1.21. The van der Waals surface area contributed by atoms with Crippen LogP contribution in [-0.4, -0.2) is 40.0 Å². The van der Waals surface area contributed by atoms with Crippen molar-refractivity contribution < 1.29 is 0 Å². The summed E-state index contributed by atoms with van der Waals surface area (Å²) >= 11 is 3.66. The summed E-state index contributed by atoms with van der Waals surface area (Å²) in [4.78, 5) is 13.9. The van der Waals surface area contributed by atoms with Crippen LogP contribution in [0.5, 0.6) is 0 Å². The minimum absolute atomic E-state index is 0.620. The van der Waals surface area contributed by atoms with E-state index in [1.807, 2.05) is 19.2 Å². The molecule has 1 aromatic carbocycles. The van der Waals surface area contributed by atoms with Gasteiger partial charge in [0.15, 0.2) is 0 Å². The highest BCUT2D eigenvalue weighted by Gasteiger charge is 2.45. The van der Waals surface area contributed by atoms with E-state index in [1.165, 1.54) is 16.5 Å². The molecule has 4 heterocycles. The van der Waals surface area contributed by atoms with Crippen LogP contribution < -0.4 is 4.90 Å². The lowest BCUT2D eigenvalue weighted by Crippen LogP contribution is -2.68. The van der Waals surface area contributed by atoms with Gasteiger partial charge in [0.05, 0.1) is 0 Å². The van der Waals surface area contributed by atoms with Crippen LogP contribution >= 0.6 is 15.9 Å². The number of anilines is 1. The molecule has 2 atom stereocenters. The maximum absolute atomic E-state index is 4.56. The molecule has 5 heteroatoms. The lowest BCUT2D eigenvalue weighted by Gasteiger charge is -2.56. The molecular weight excluding hydrogens is 340 g/mol. The van der Waals surface area contributed by atoms with Crippen LogP contribution in [0.2, 0.25) is 0 Å². The van der Waals surface area contributed by atoms with Crippen molar-refractivity contribution in [1.29, 1.82) is 0 Å².